The molecular formula is C15H15N3O2S. The standard InChI is InChI=1S/C15H15N3O2S/c1-9-5-6-10(13(16)21)8-12(9)18-14(19)11-4-3-7-17-15(11)20-2/h3-8H,1-2H3,(H2,16,21)(H,18,19). The van der Waals surface area contributed by atoms with Crippen molar-refractivity contribution < 1.29 is 9.53 Å². The Balaban J connectivity index is 2.31. The molecule has 0 bridgehead atoms. The van der Waals surface area contributed by atoms with E-state index in [9.17, 15) is 4.79 Å². The molecule has 3 N–H and O–H groups in total. The molecular weight excluding hydrogens is 286 g/mol. The highest BCUT2D eigenvalue weighted by Crippen LogP contribution is 2.20. The quantitative estimate of drug-likeness (QED) is 0.847. The number of amides is 1. The van der Waals surface area contributed by atoms with Crippen LogP contribution in [0.5, 0.6) is 5.88 Å². The van der Waals surface area contributed by atoms with Crippen molar-refractivity contribution in [2.45, 2.75) is 6.92 Å². The number of benzene rings is 1. The Morgan fingerprint density at radius 1 is 1.38 bits per heavy atom. The van der Waals surface area contributed by atoms with Gasteiger partial charge in [-0.3, -0.25) is 4.79 Å². The molecule has 1 amide bonds. The van der Waals surface area contributed by atoms with Crippen LogP contribution in [0.1, 0.15) is 21.5 Å². The van der Waals surface area contributed by atoms with E-state index in [-0.39, 0.29) is 16.8 Å². The van der Waals surface area contributed by atoms with Crippen LogP contribution in [0.3, 0.4) is 0 Å². The molecule has 0 saturated heterocycles. The first-order valence-electron chi connectivity index (χ1n) is 6.23. The Hall–Kier alpha value is -2.47. The second-order valence-electron chi connectivity index (χ2n) is 4.41. The minimum atomic E-state index is -0.303. The van der Waals surface area contributed by atoms with Crippen molar-refractivity contribution in [2.75, 3.05) is 12.4 Å². The number of hydrogen-bond acceptors (Lipinski definition) is 4. The highest BCUT2D eigenvalue weighted by Gasteiger charge is 2.14. The second-order valence-corrected chi connectivity index (χ2v) is 4.85. The average Bonchev–Trinajstić information content (AvgIpc) is 2.49. The number of rotatable bonds is 4. The van der Waals surface area contributed by atoms with Crippen molar-refractivity contribution in [1.82, 2.24) is 4.98 Å². The third kappa shape index (κ3) is 3.35. The van der Waals surface area contributed by atoms with Gasteiger partial charge in [0.2, 0.25) is 5.88 Å². The highest BCUT2D eigenvalue weighted by molar-refractivity contribution is 7.80. The minimum absolute atomic E-state index is 0.276. The molecule has 1 heterocycles. The number of aromatic nitrogens is 1. The van der Waals surface area contributed by atoms with Crippen LogP contribution >= 0.6 is 12.2 Å². The van der Waals surface area contributed by atoms with Gasteiger partial charge in [-0.15, -0.1) is 0 Å². The van der Waals surface area contributed by atoms with Crippen molar-refractivity contribution in [1.29, 1.82) is 0 Å². The molecule has 0 aliphatic carbocycles. The molecule has 0 radical (unpaired) electrons. The molecule has 2 rings (SSSR count). The van der Waals surface area contributed by atoms with Gasteiger partial charge in [0.15, 0.2) is 0 Å². The topological polar surface area (TPSA) is 77.2 Å². The zero-order chi connectivity index (χ0) is 15.4. The Bertz CT molecular complexity index is 701. The van der Waals surface area contributed by atoms with E-state index >= 15 is 0 Å². The lowest BCUT2D eigenvalue weighted by Crippen LogP contribution is -2.16. The Kier molecular flexibility index (Phi) is 4.49. The van der Waals surface area contributed by atoms with E-state index in [1.54, 1.807) is 24.4 Å². The largest absolute Gasteiger partial charge is 0.480 e. The van der Waals surface area contributed by atoms with Crippen LogP contribution < -0.4 is 15.8 Å². The predicted octanol–water partition coefficient (Wildman–Crippen LogP) is 2.29. The summed E-state index contributed by atoms with van der Waals surface area (Å²) >= 11 is 4.95. The first kappa shape index (κ1) is 14.9. The van der Waals surface area contributed by atoms with Gasteiger partial charge in [-0.05, 0) is 30.7 Å². The van der Waals surface area contributed by atoms with Crippen LogP contribution in [0, 0.1) is 6.92 Å². The first-order valence-corrected chi connectivity index (χ1v) is 6.64. The van der Waals surface area contributed by atoms with Gasteiger partial charge < -0.3 is 15.8 Å². The van der Waals surface area contributed by atoms with Crippen molar-refractivity contribution in [3.8, 4) is 5.88 Å². The maximum atomic E-state index is 12.3. The summed E-state index contributed by atoms with van der Waals surface area (Å²) in [6.45, 7) is 1.89. The number of nitrogens with one attached hydrogen (secondary N) is 1. The van der Waals surface area contributed by atoms with E-state index < -0.39 is 0 Å². The summed E-state index contributed by atoms with van der Waals surface area (Å²) in [5.74, 6) is -0.0266. The summed E-state index contributed by atoms with van der Waals surface area (Å²) in [6.07, 6.45) is 1.56. The van der Waals surface area contributed by atoms with Gasteiger partial charge in [-0.25, -0.2) is 4.98 Å². The fraction of sp³-hybridized carbons (Fsp3) is 0.133. The number of aryl methyl sites for hydroxylation is 1. The summed E-state index contributed by atoms with van der Waals surface area (Å²) in [6, 6.07) is 8.74. The SMILES string of the molecule is COc1ncccc1C(=O)Nc1cc(C(N)=S)ccc1C. The summed E-state index contributed by atoms with van der Waals surface area (Å²) in [5.41, 5.74) is 8.23. The van der Waals surface area contributed by atoms with Crippen LogP contribution in [0.4, 0.5) is 5.69 Å². The van der Waals surface area contributed by atoms with E-state index in [1.807, 2.05) is 19.1 Å². The average molecular weight is 301 g/mol. The fourth-order valence-electron chi connectivity index (χ4n) is 1.83. The molecule has 2 aromatic rings. The number of ether oxygens (including phenoxy) is 1. The van der Waals surface area contributed by atoms with Crippen molar-refractivity contribution in [2.24, 2.45) is 5.73 Å². The first-order chi connectivity index (χ1) is 10.0. The normalized spacial score (nSPS) is 10.0. The number of methoxy groups -OCH3 is 1. The number of carbonyl (C=O) groups excluding carboxylic acids is 1. The maximum Gasteiger partial charge on any atom is 0.261 e. The third-order valence-corrected chi connectivity index (χ3v) is 3.22. The summed E-state index contributed by atoms with van der Waals surface area (Å²) in [5, 5.41) is 2.82. The number of anilines is 1. The fourth-order valence-corrected chi connectivity index (χ4v) is 1.95. The van der Waals surface area contributed by atoms with E-state index in [0.29, 0.717) is 16.8 Å². The Morgan fingerprint density at radius 2 is 2.14 bits per heavy atom. The zero-order valence-electron chi connectivity index (χ0n) is 11.7. The summed E-state index contributed by atoms with van der Waals surface area (Å²) in [7, 11) is 1.47. The lowest BCUT2D eigenvalue weighted by atomic mass is 10.1. The number of nitrogens with zero attached hydrogens (tertiary/aromatic N) is 1. The highest BCUT2D eigenvalue weighted by atomic mass is 32.1. The van der Waals surface area contributed by atoms with Gasteiger partial charge in [-0.2, -0.15) is 0 Å². The third-order valence-electron chi connectivity index (χ3n) is 2.98. The smallest absolute Gasteiger partial charge is 0.261 e. The summed E-state index contributed by atoms with van der Waals surface area (Å²) < 4.78 is 5.08. The molecule has 0 unspecified atom stereocenters. The van der Waals surface area contributed by atoms with E-state index in [1.165, 1.54) is 7.11 Å². The van der Waals surface area contributed by atoms with E-state index in [0.717, 1.165) is 5.56 Å². The lowest BCUT2D eigenvalue weighted by molar-refractivity contribution is 0.102. The molecule has 0 atom stereocenters. The second kappa shape index (κ2) is 6.32. The molecule has 1 aromatic carbocycles. The van der Waals surface area contributed by atoms with Crippen LogP contribution in [-0.2, 0) is 0 Å². The number of carbonyl (C=O) groups is 1. The van der Waals surface area contributed by atoms with Gasteiger partial charge in [0.1, 0.15) is 10.6 Å². The van der Waals surface area contributed by atoms with E-state index in [4.69, 9.17) is 22.7 Å². The number of pyridine rings is 1. The van der Waals surface area contributed by atoms with Gasteiger partial charge in [0.25, 0.3) is 5.91 Å². The maximum absolute atomic E-state index is 12.3. The molecule has 1 aromatic heterocycles. The minimum Gasteiger partial charge on any atom is -0.480 e. The molecule has 21 heavy (non-hydrogen) atoms. The van der Waals surface area contributed by atoms with E-state index in [2.05, 4.69) is 10.3 Å². The van der Waals surface area contributed by atoms with Crippen LogP contribution in [0.25, 0.3) is 0 Å². The molecule has 0 spiro atoms. The van der Waals surface area contributed by atoms with Crippen LogP contribution in [0.2, 0.25) is 0 Å². The van der Waals surface area contributed by atoms with Gasteiger partial charge in [0.05, 0.1) is 7.11 Å². The number of nitrogens with two attached hydrogens (primary N) is 1. The van der Waals surface area contributed by atoms with Gasteiger partial charge in [0, 0.05) is 17.4 Å². The lowest BCUT2D eigenvalue weighted by Gasteiger charge is -2.11. The molecule has 5 nitrogen and oxygen atoms in total. The monoisotopic (exact) mass is 301 g/mol. The van der Waals surface area contributed by atoms with Crippen LogP contribution in [-0.4, -0.2) is 23.0 Å². The number of hydrogen-bond donors (Lipinski definition) is 2. The molecule has 6 heteroatoms. The Labute approximate surface area is 128 Å². The molecule has 0 saturated carbocycles. The molecule has 0 aliphatic heterocycles. The number of thiocarbonyl (C=S) groups is 1. The zero-order valence-corrected chi connectivity index (χ0v) is 12.5. The van der Waals surface area contributed by atoms with Crippen molar-refractivity contribution in [3.05, 3.63) is 53.2 Å². The van der Waals surface area contributed by atoms with Gasteiger partial charge in [-0.1, -0.05) is 24.4 Å². The molecule has 108 valence electrons. The molecule has 0 fully saturated rings. The molecule has 0 aliphatic rings. The van der Waals surface area contributed by atoms with Crippen molar-refractivity contribution >= 4 is 28.8 Å². The summed E-state index contributed by atoms with van der Waals surface area (Å²) in [4.78, 5) is 16.6. The van der Waals surface area contributed by atoms with Crippen LogP contribution in [0.15, 0.2) is 36.5 Å². The predicted molar refractivity (Wildman–Crippen MR) is 85.8 cm³/mol. The Morgan fingerprint density at radius 3 is 2.81 bits per heavy atom. The van der Waals surface area contributed by atoms with Crippen molar-refractivity contribution in [3.63, 3.8) is 0 Å². The van der Waals surface area contributed by atoms with Gasteiger partial charge >= 0.3 is 0 Å².